The van der Waals surface area contributed by atoms with Crippen LogP contribution in [-0.4, -0.2) is 10.6 Å². The van der Waals surface area contributed by atoms with Crippen LogP contribution < -0.4 is 4.90 Å². The number of nitrogens with zero attached hydrogens (tertiary/aromatic N) is 2. The number of anilines is 2. The van der Waals surface area contributed by atoms with E-state index in [1.807, 2.05) is 6.07 Å². The SMILES string of the molecule is c1ccc(-c2ccc(-n3c4ccccc4c4c5c(ccc43)N3c4ccc(-c6cccc7c6oc6ccccc67)cc4CC3C5)cc2)cc1. The summed E-state index contributed by atoms with van der Waals surface area (Å²) in [6, 6.07) is 55.5. The molecule has 0 saturated heterocycles. The van der Waals surface area contributed by atoms with Crippen molar-refractivity contribution in [3.63, 3.8) is 0 Å². The molecule has 7 aromatic carbocycles. The Morgan fingerprint density at radius 3 is 2.15 bits per heavy atom. The number of para-hydroxylation sites is 3. The minimum atomic E-state index is 0.421. The summed E-state index contributed by atoms with van der Waals surface area (Å²) < 4.78 is 8.85. The number of benzene rings is 7. The number of rotatable bonds is 3. The molecule has 3 heteroatoms. The molecule has 0 bridgehead atoms. The van der Waals surface area contributed by atoms with Gasteiger partial charge in [0.15, 0.2) is 0 Å². The molecule has 48 heavy (non-hydrogen) atoms. The Morgan fingerprint density at radius 2 is 1.25 bits per heavy atom. The summed E-state index contributed by atoms with van der Waals surface area (Å²) >= 11 is 0. The summed E-state index contributed by atoms with van der Waals surface area (Å²) in [5, 5.41) is 5.06. The fraction of sp³-hybridized carbons (Fsp3) is 0.0667. The van der Waals surface area contributed by atoms with Gasteiger partial charge in [-0.1, -0.05) is 103 Å². The Labute approximate surface area is 277 Å². The molecule has 0 aliphatic carbocycles. The van der Waals surface area contributed by atoms with Crippen LogP contribution in [0.1, 0.15) is 11.1 Å². The zero-order valence-electron chi connectivity index (χ0n) is 26.2. The second kappa shape index (κ2) is 9.73. The molecule has 0 amide bonds. The van der Waals surface area contributed by atoms with Crippen LogP contribution in [0.3, 0.4) is 0 Å². The van der Waals surface area contributed by atoms with Crippen molar-refractivity contribution in [1.82, 2.24) is 4.57 Å². The molecular weight excluding hydrogens is 585 g/mol. The van der Waals surface area contributed by atoms with Crippen LogP contribution in [0.5, 0.6) is 0 Å². The first-order chi connectivity index (χ1) is 23.8. The summed E-state index contributed by atoms with van der Waals surface area (Å²) in [4.78, 5) is 2.61. The van der Waals surface area contributed by atoms with E-state index < -0.39 is 0 Å². The van der Waals surface area contributed by atoms with Crippen LogP contribution in [0.2, 0.25) is 0 Å². The highest BCUT2D eigenvalue weighted by Gasteiger charge is 2.39. The molecule has 0 N–H and O–H groups in total. The lowest BCUT2D eigenvalue weighted by Gasteiger charge is -2.21. The van der Waals surface area contributed by atoms with Crippen LogP contribution in [0, 0.1) is 0 Å². The van der Waals surface area contributed by atoms with Gasteiger partial charge in [0.05, 0.1) is 11.0 Å². The molecule has 2 aromatic heterocycles. The van der Waals surface area contributed by atoms with Crippen LogP contribution >= 0.6 is 0 Å². The fourth-order valence-electron chi connectivity index (χ4n) is 8.66. The van der Waals surface area contributed by atoms with Gasteiger partial charge < -0.3 is 13.9 Å². The Bertz CT molecular complexity index is 2730. The van der Waals surface area contributed by atoms with Gasteiger partial charge in [0.25, 0.3) is 0 Å². The van der Waals surface area contributed by atoms with Crippen molar-refractivity contribution < 1.29 is 4.42 Å². The van der Waals surface area contributed by atoms with Crippen molar-refractivity contribution in [2.75, 3.05) is 4.90 Å². The van der Waals surface area contributed by atoms with E-state index in [0.29, 0.717) is 6.04 Å². The molecule has 0 spiro atoms. The standard InChI is InChI=1S/C45H30N2O/c1-2-9-28(10-3-1)29-17-20-32(21-18-29)46-40-15-6-4-12-37(40)44-38-27-33-26-31-25-30(19-22-39(31)47(33)41(38)23-24-42(44)46)34-13-8-14-36-35-11-5-7-16-43(35)48-45(34)36/h1-25,33H,26-27H2. The number of aromatic nitrogens is 1. The Morgan fingerprint density at radius 1 is 0.521 bits per heavy atom. The number of furan rings is 1. The zero-order valence-corrected chi connectivity index (χ0v) is 26.2. The van der Waals surface area contributed by atoms with Crippen molar-refractivity contribution in [2.45, 2.75) is 18.9 Å². The summed E-state index contributed by atoms with van der Waals surface area (Å²) in [6.45, 7) is 0. The number of hydrogen-bond acceptors (Lipinski definition) is 2. The minimum absolute atomic E-state index is 0.421. The molecule has 0 fully saturated rings. The summed E-state index contributed by atoms with van der Waals surface area (Å²) in [7, 11) is 0. The fourth-order valence-corrected chi connectivity index (χ4v) is 8.66. The van der Waals surface area contributed by atoms with Gasteiger partial charge in [-0.2, -0.15) is 0 Å². The highest BCUT2D eigenvalue weighted by Crippen LogP contribution is 2.51. The zero-order chi connectivity index (χ0) is 31.3. The summed E-state index contributed by atoms with van der Waals surface area (Å²) in [5.41, 5.74) is 16.0. The third-order valence-corrected chi connectivity index (χ3v) is 10.7. The third kappa shape index (κ3) is 3.59. The van der Waals surface area contributed by atoms with Crippen LogP contribution in [0.25, 0.3) is 71.7 Å². The van der Waals surface area contributed by atoms with Gasteiger partial charge in [-0.3, -0.25) is 0 Å². The van der Waals surface area contributed by atoms with E-state index >= 15 is 0 Å². The predicted octanol–water partition coefficient (Wildman–Crippen LogP) is 11.6. The average molecular weight is 615 g/mol. The lowest BCUT2D eigenvalue weighted by Crippen LogP contribution is -2.22. The number of fused-ring (bicyclic) bond motifs is 12. The van der Waals surface area contributed by atoms with Gasteiger partial charge in [0, 0.05) is 50.2 Å². The highest BCUT2D eigenvalue weighted by atomic mass is 16.3. The second-order valence-corrected chi connectivity index (χ2v) is 13.3. The normalized spacial score (nSPS) is 15.1. The molecule has 3 nitrogen and oxygen atoms in total. The topological polar surface area (TPSA) is 21.3 Å². The van der Waals surface area contributed by atoms with E-state index in [2.05, 4.69) is 155 Å². The van der Waals surface area contributed by atoms with Gasteiger partial charge in [0.2, 0.25) is 0 Å². The molecule has 1 atom stereocenters. The molecule has 9 aromatic rings. The van der Waals surface area contributed by atoms with Crippen LogP contribution in [0.15, 0.2) is 156 Å². The Kier molecular flexibility index (Phi) is 5.28. The first-order valence-corrected chi connectivity index (χ1v) is 16.8. The first-order valence-electron chi connectivity index (χ1n) is 16.8. The Balaban J connectivity index is 1.02. The van der Waals surface area contributed by atoms with Crippen LogP contribution in [0.4, 0.5) is 11.4 Å². The second-order valence-electron chi connectivity index (χ2n) is 13.3. The molecule has 1 unspecified atom stereocenters. The van der Waals surface area contributed by atoms with E-state index in [9.17, 15) is 0 Å². The van der Waals surface area contributed by atoms with Gasteiger partial charge in [0.1, 0.15) is 11.2 Å². The van der Waals surface area contributed by atoms with Gasteiger partial charge in [-0.15, -0.1) is 0 Å². The lowest BCUT2D eigenvalue weighted by atomic mass is 9.96. The average Bonchev–Trinajstić information content (AvgIpc) is 3.89. The largest absolute Gasteiger partial charge is 0.455 e. The number of hydrogen-bond donors (Lipinski definition) is 0. The Hall–Kier alpha value is -6.06. The summed E-state index contributed by atoms with van der Waals surface area (Å²) in [5.74, 6) is 0. The molecule has 2 aliphatic heterocycles. The maximum Gasteiger partial charge on any atom is 0.143 e. The smallest absolute Gasteiger partial charge is 0.143 e. The van der Waals surface area contributed by atoms with Crippen molar-refractivity contribution in [3.8, 4) is 27.9 Å². The monoisotopic (exact) mass is 614 g/mol. The molecule has 0 radical (unpaired) electrons. The summed E-state index contributed by atoms with van der Waals surface area (Å²) in [6.07, 6.45) is 2.08. The maximum atomic E-state index is 6.40. The van der Waals surface area contributed by atoms with Crippen molar-refractivity contribution in [3.05, 3.63) is 163 Å². The minimum Gasteiger partial charge on any atom is -0.455 e. The lowest BCUT2D eigenvalue weighted by molar-refractivity contribution is 0.670. The van der Waals surface area contributed by atoms with E-state index in [-0.39, 0.29) is 0 Å². The molecule has 11 rings (SSSR count). The predicted molar refractivity (Wildman–Crippen MR) is 199 cm³/mol. The van der Waals surface area contributed by atoms with E-state index in [1.165, 1.54) is 77.5 Å². The van der Waals surface area contributed by atoms with Gasteiger partial charge >= 0.3 is 0 Å². The molecule has 2 aliphatic rings. The first kappa shape index (κ1) is 26.1. The maximum absolute atomic E-state index is 6.40. The van der Waals surface area contributed by atoms with E-state index in [0.717, 1.165) is 29.6 Å². The van der Waals surface area contributed by atoms with Crippen molar-refractivity contribution >= 4 is 55.1 Å². The van der Waals surface area contributed by atoms with E-state index in [1.54, 1.807) is 0 Å². The van der Waals surface area contributed by atoms with Gasteiger partial charge in [-0.25, -0.2) is 0 Å². The molecule has 4 heterocycles. The highest BCUT2D eigenvalue weighted by molar-refractivity contribution is 6.13. The third-order valence-electron chi connectivity index (χ3n) is 10.7. The van der Waals surface area contributed by atoms with E-state index in [4.69, 9.17) is 4.42 Å². The molecule has 226 valence electrons. The molecular formula is C45H30N2O. The quantitative estimate of drug-likeness (QED) is 0.197. The van der Waals surface area contributed by atoms with Crippen LogP contribution in [-0.2, 0) is 12.8 Å². The molecule has 0 saturated carbocycles. The van der Waals surface area contributed by atoms with Crippen molar-refractivity contribution in [2.24, 2.45) is 0 Å². The van der Waals surface area contributed by atoms with Crippen molar-refractivity contribution in [1.29, 1.82) is 0 Å². The van der Waals surface area contributed by atoms with Gasteiger partial charge in [-0.05, 0) is 89.2 Å².